The fourth-order valence-corrected chi connectivity index (χ4v) is 3.29. The zero-order valence-corrected chi connectivity index (χ0v) is 12.6. The van der Waals surface area contributed by atoms with E-state index in [9.17, 15) is 22.3 Å². The van der Waals surface area contributed by atoms with Crippen molar-refractivity contribution in [3.8, 4) is 0 Å². The summed E-state index contributed by atoms with van der Waals surface area (Å²) in [4.78, 5) is -0.215. The van der Waals surface area contributed by atoms with Crippen molar-refractivity contribution in [2.45, 2.75) is 17.9 Å². The number of aliphatic hydroxyl groups excluding tert-OH is 1. The van der Waals surface area contributed by atoms with Gasteiger partial charge in [-0.15, -0.1) is 0 Å². The summed E-state index contributed by atoms with van der Waals surface area (Å²) < 4.78 is 53.4. The van der Waals surface area contributed by atoms with Crippen LogP contribution in [0.3, 0.4) is 0 Å². The molecule has 0 aliphatic carbocycles. The lowest BCUT2D eigenvalue weighted by molar-refractivity contribution is 0.177. The molecule has 2 rings (SSSR count). The van der Waals surface area contributed by atoms with Crippen LogP contribution in [0.5, 0.6) is 0 Å². The minimum absolute atomic E-state index is 0.0128. The van der Waals surface area contributed by atoms with Gasteiger partial charge in [0.15, 0.2) is 0 Å². The molecule has 2 N–H and O–H groups in total. The van der Waals surface area contributed by atoms with Crippen molar-refractivity contribution in [3.05, 3.63) is 65.2 Å². The highest BCUT2D eigenvalue weighted by Gasteiger charge is 2.21. The zero-order chi connectivity index (χ0) is 16.3. The topological polar surface area (TPSA) is 66.4 Å². The van der Waals surface area contributed by atoms with Gasteiger partial charge in [0.2, 0.25) is 10.0 Å². The SMILES string of the molecule is Cc1c(F)cccc1S(=O)(=O)NCC(O)c1ccccc1F. The summed E-state index contributed by atoms with van der Waals surface area (Å²) in [5.74, 6) is -1.27. The maximum absolute atomic E-state index is 13.5. The second-order valence-corrected chi connectivity index (χ2v) is 6.49. The van der Waals surface area contributed by atoms with Crippen molar-refractivity contribution >= 4 is 10.0 Å². The van der Waals surface area contributed by atoms with E-state index in [0.717, 1.165) is 6.07 Å². The third-order valence-corrected chi connectivity index (χ3v) is 4.81. The molecule has 22 heavy (non-hydrogen) atoms. The van der Waals surface area contributed by atoms with Crippen LogP contribution in [0.4, 0.5) is 8.78 Å². The number of hydrogen-bond donors (Lipinski definition) is 2. The van der Waals surface area contributed by atoms with Crippen molar-refractivity contribution in [1.29, 1.82) is 0 Å². The summed E-state index contributed by atoms with van der Waals surface area (Å²) in [7, 11) is -4.00. The lowest BCUT2D eigenvalue weighted by Gasteiger charge is -2.14. The van der Waals surface area contributed by atoms with E-state index in [1.807, 2.05) is 0 Å². The molecule has 7 heteroatoms. The summed E-state index contributed by atoms with van der Waals surface area (Å²) in [6, 6.07) is 9.23. The number of halogens is 2. The van der Waals surface area contributed by atoms with Crippen LogP contribution in [0.1, 0.15) is 17.2 Å². The Morgan fingerprint density at radius 3 is 2.41 bits per heavy atom. The average molecular weight is 327 g/mol. The summed E-state index contributed by atoms with van der Waals surface area (Å²) in [6.07, 6.45) is -1.34. The van der Waals surface area contributed by atoms with Gasteiger partial charge in [-0.2, -0.15) is 0 Å². The van der Waals surface area contributed by atoms with E-state index >= 15 is 0 Å². The first kappa shape index (κ1) is 16.5. The predicted octanol–water partition coefficient (Wildman–Crippen LogP) is 2.29. The van der Waals surface area contributed by atoms with Crippen LogP contribution in [0.25, 0.3) is 0 Å². The van der Waals surface area contributed by atoms with Gasteiger partial charge in [-0.05, 0) is 25.1 Å². The summed E-state index contributed by atoms with van der Waals surface area (Å²) in [5, 5.41) is 9.89. The van der Waals surface area contributed by atoms with Gasteiger partial charge < -0.3 is 5.11 Å². The van der Waals surface area contributed by atoms with E-state index in [4.69, 9.17) is 0 Å². The fourth-order valence-electron chi connectivity index (χ4n) is 2.00. The molecule has 118 valence electrons. The molecule has 0 heterocycles. The maximum Gasteiger partial charge on any atom is 0.241 e. The van der Waals surface area contributed by atoms with Crippen LogP contribution in [-0.2, 0) is 10.0 Å². The van der Waals surface area contributed by atoms with Crippen molar-refractivity contribution in [3.63, 3.8) is 0 Å². The van der Waals surface area contributed by atoms with Gasteiger partial charge in [0.25, 0.3) is 0 Å². The van der Waals surface area contributed by atoms with Gasteiger partial charge in [0, 0.05) is 17.7 Å². The normalized spacial score (nSPS) is 13.1. The first-order valence-electron chi connectivity index (χ1n) is 6.50. The van der Waals surface area contributed by atoms with Gasteiger partial charge in [-0.1, -0.05) is 24.3 Å². The number of hydrogen-bond acceptors (Lipinski definition) is 3. The van der Waals surface area contributed by atoms with Crippen molar-refractivity contribution in [2.24, 2.45) is 0 Å². The molecule has 2 aromatic carbocycles. The minimum Gasteiger partial charge on any atom is -0.387 e. The van der Waals surface area contributed by atoms with E-state index in [1.165, 1.54) is 43.3 Å². The average Bonchev–Trinajstić information content (AvgIpc) is 2.48. The van der Waals surface area contributed by atoms with Crippen molar-refractivity contribution < 1.29 is 22.3 Å². The quantitative estimate of drug-likeness (QED) is 0.885. The molecule has 0 aromatic heterocycles. The van der Waals surface area contributed by atoms with Gasteiger partial charge >= 0.3 is 0 Å². The number of benzene rings is 2. The smallest absolute Gasteiger partial charge is 0.241 e. The van der Waals surface area contributed by atoms with Crippen LogP contribution >= 0.6 is 0 Å². The molecule has 0 amide bonds. The third kappa shape index (κ3) is 3.49. The Labute approximate surface area is 127 Å². The molecule has 1 atom stereocenters. The Morgan fingerprint density at radius 1 is 1.09 bits per heavy atom. The predicted molar refractivity (Wildman–Crippen MR) is 77.7 cm³/mol. The van der Waals surface area contributed by atoms with Gasteiger partial charge in [-0.3, -0.25) is 0 Å². The molecule has 0 fully saturated rings. The Kier molecular flexibility index (Phi) is 4.90. The van der Waals surface area contributed by atoms with E-state index in [1.54, 1.807) is 0 Å². The van der Waals surface area contributed by atoms with E-state index in [-0.39, 0.29) is 16.0 Å². The van der Waals surface area contributed by atoms with E-state index in [2.05, 4.69) is 4.72 Å². The lowest BCUT2D eigenvalue weighted by Crippen LogP contribution is -2.29. The number of rotatable bonds is 5. The Bertz CT molecular complexity index is 778. The van der Waals surface area contributed by atoms with Crippen molar-refractivity contribution in [2.75, 3.05) is 6.54 Å². The highest BCUT2D eigenvalue weighted by molar-refractivity contribution is 7.89. The molecule has 0 bridgehead atoms. The monoisotopic (exact) mass is 327 g/mol. The summed E-state index contributed by atoms with van der Waals surface area (Å²) in [6.45, 7) is 0.927. The van der Waals surface area contributed by atoms with Gasteiger partial charge in [0.1, 0.15) is 11.6 Å². The molecule has 0 aliphatic rings. The van der Waals surface area contributed by atoms with E-state index < -0.39 is 34.3 Å². The molecule has 1 unspecified atom stereocenters. The molecule has 0 radical (unpaired) electrons. The second-order valence-electron chi connectivity index (χ2n) is 4.75. The minimum atomic E-state index is -4.00. The molecule has 0 saturated heterocycles. The van der Waals surface area contributed by atoms with E-state index in [0.29, 0.717) is 0 Å². The number of nitrogens with one attached hydrogen (secondary N) is 1. The van der Waals surface area contributed by atoms with Gasteiger partial charge in [0.05, 0.1) is 11.0 Å². The van der Waals surface area contributed by atoms with Crippen LogP contribution in [-0.4, -0.2) is 20.1 Å². The van der Waals surface area contributed by atoms with Crippen LogP contribution < -0.4 is 4.72 Å². The van der Waals surface area contributed by atoms with Crippen LogP contribution in [0.2, 0.25) is 0 Å². The largest absolute Gasteiger partial charge is 0.387 e. The third-order valence-electron chi connectivity index (χ3n) is 3.24. The maximum atomic E-state index is 13.5. The number of sulfonamides is 1. The molecule has 2 aromatic rings. The van der Waals surface area contributed by atoms with Crippen LogP contribution in [0.15, 0.2) is 47.4 Å². The number of aliphatic hydroxyl groups is 1. The molecule has 0 spiro atoms. The Morgan fingerprint density at radius 2 is 1.73 bits per heavy atom. The highest BCUT2D eigenvalue weighted by Crippen LogP contribution is 2.19. The lowest BCUT2D eigenvalue weighted by atomic mass is 10.1. The second kappa shape index (κ2) is 6.51. The molecular formula is C15H15F2NO3S. The highest BCUT2D eigenvalue weighted by atomic mass is 32.2. The first-order chi connectivity index (χ1) is 10.3. The zero-order valence-electron chi connectivity index (χ0n) is 11.8. The first-order valence-corrected chi connectivity index (χ1v) is 7.98. The van der Waals surface area contributed by atoms with Crippen molar-refractivity contribution in [1.82, 2.24) is 4.72 Å². The fraction of sp³-hybridized carbons (Fsp3) is 0.200. The standard InChI is InChI=1S/C15H15F2NO3S/c1-10-12(16)7-4-8-15(10)22(20,21)18-9-14(19)11-5-2-3-6-13(11)17/h2-8,14,18-19H,9H2,1H3. The van der Waals surface area contributed by atoms with Gasteiger partial charge in [-0.25, -0.2) is 21.9 Å². The molecular weight excluding hydrogens is 312 g/mol. The van der Waals surface area contributed by atoms with Crippen LogP contribution in [0, 0.1) is 18.6 Å². The summed E-state index contributed by atoms with van der Waals surface area (Å²) >= 11 is 0. The Hall–Kier alpha value is -1.83. The molecule has 4 nitrogen and oxygen atoms in total. The summed E-state index contributed by atoms with van der Waals surface area (Å²) in [5.41, 5.74) is -0.0310. The Balaban J connectivity index is 2.17. The molecule has 0 aliphatic heterocycles. The molecule has 0 saturated carbocycles.